The van der Waals surface area contributed by atoms with Crippen LogP contribution in [-0.4, -0.2) is 50.2 Å². The van der Waals surface area contributed by atoms with E-state index in [0.717, 1.165) is 67.7 Å². The number of nitrogens with zero attached hydrogens (tertiary/aromatic N) is 2. The Hall–Kier alpha value is -2.07. The number of benzene rings is 1. The molecule has 32 heavy (non-hydrogen) atoms. The Bertz CT molecular complexity index is 767. The van der Waals surface area contributed by atoms with E-state index in [1.54, 1.807) is 0 Å². The van der Waals surface area contributed by atoms with Crippen molar-refractivity contribution in [3.63, 3.8) is 0 Å². The summed E-state index contributed by atoms with van der Waals surface area (Å²) in [5, 5.41) is 0. The number of allylic oxidation sites excluding steroid dienone is 2. The van der Waals surface area contributed by atoms with Crippen molar-refractivity contribution < 1.29 is 9.47 Å². The van der Waals surface area contributed by atoms with Crippen molar-refractivity contribution in [1.29, 1.82) is 0 Å². The monoisotopic (exact) mass is 438 g/mol. The lowest BCUT2D eigenvalue weighted by atomic mass is 9.94. The smallest absolute Gasteiger partial charge is 0.209 e. The third kappa shape index (κ3) is 7.51. The molecule has 1 aliphatic carbocycles. The van der Waals surface area contributed by atoms with Crippen LogP contribution in [0.4, 0.5) is 0 Å². The molecule has 2 fully saturated rings. The van der Waals surface area contributed by atoms with Crippen molar-refractivity contribution in [1.82, 2.24) is 4.90 Å². The lowest BCUT2D eigenvalue weighted by molar-refractivity contribution is 0.106. The van der Waals surface area contributed by atoms with Crippen molar-refractivity contribution >= 4 is 11.5 Å². The number of hydrogen-bond donors (Lipinski definition) is 0. The van der Waals surface area contributed by atoms with E-state index in [9.17, 15) is 0 Å². The summed E-state index contributed by atoms with van der Waals surface area (Å²) >= 11 is 0. The predicted octanol–water partition coefficient (Wildman–Crippen LogP) is 6.67. The van der Waals surface area contributed by atoms with Gasteiger partial charge in [-0.05, 0) is 87.3 Å². The second-order valence-corrected chi connectivity index (χ2v) is 9.35. The lowest BCUT2D eigenvalue weighted by Crippen LogP contribution is -2.35. The molecule has 0 unspecified atom stereocenters. The number of ether oxygens (including phenoxy) is 2. The average Bonchev–Trinajstić information content (AvgIpc) is 2.83. The minimum absolute atomic E-state index is 0.234. The van der Waals surface area contributed by atoms with Crippen molar-refractivity contribution in [2.24, 2.45) is 4.99 Å². The molecule has 176 valence electrons. The predicted molar refractivity (Wildman–Crippen MR) is 136 cm³/mol. The van der Waals surface area contributed by atoms with Gasteiger partial charge in [0.1, 0.15) is 11.9 Å². The van der Waals surface area contributed by atoms with Crippen LogP contribution < -0.4 is 4.74 Å². The van der Waals surface area contributed by atoms with Gasteiger partial charge < -0.3 is 14.4 Å². The normalized spacial score (nSPS) is 19.7. The first kappa shape index (κ1) is 24.6. The molecular formula is C28H42N2O2. The van der Waals surface area contributed by atoms with E-state index in [-0.39, 0.29) is 6.10 Å². The van der Waals surface area contributed by atoms with E-state index in [0.29, 0.717) is 12.0 Å². The summed E-state index contributed by atoms with van der Waals surface area (Å²) in [6.07, 6.45) is 14.3. The van der Waals surface area contributed by atoms with E-state index >= 15 is 0 Å². The fraction of sp³-hybridized carbons (Fsp3) is 0.607. The highest BCUT2D eigenvalue weighted by molar-refractivity contribution is 5.99. The summed E-state index contributed by atoms with van der Waals surface area (Å²) in [4.78, 5) is 6.82. The fourth-order valence-electron chi connectivity index (χ4n) is 4.55. The Morgan fingerprint density at radius 1 is 1.06 bits per heavy atom. The molecular weight excluding hydrogens is 396 g/mol. The van der Waals surface area contributed by atoms with E-state index in [1.807, 2.05) is 7.05 Å². The summed E-state index contributed by atoms with van der Waals surface area (Å²) in [7, 11) is 3.98. The van der Waals surface area contributed by atoms with Crippen molar-refractivity contribution in [3.05, 3.63) is 48.1 Å². The van der Waals surface area contributed by atoms with Crippen LogP contribution in [0.3, 0.4) is 0 Å². The zero-order valence-electron chi connectivity index (χ0n) is 20.4. The summed E-state index contributed by atoms with van der Waals surface area (Å²) in [5.41, 5.74) is 3.41. The highest BCUT2D eigenvalue weighted by atomic mass is 16.5. The summed E-state index contributed by atoms with van der Waals surface area (Å²) in [5.74, 6) is 1.67. The first-order valence-electron chi connectivity index (χ1n) is 12.6. The highest BCUT2D eigenvalue weighted by Gasteiger charge is 2.20. The maximum absolute atomic E-state index is 6.30. The highest BCUT2D eigenvalue weighted by Crippen LogP contribution is 2.29. The lowest BCUT2D eigenvalue weighted by Gasteiger charge is -2.29. The van der Waals surface area contributed by atoms with Gasteiger partial charge in [0.05, 0.1) is 6.10 Å². The van der Waals surface area contributed by atoms with Gasteiger partial charge in [-0.2, -0.15) is 0 Å². The molecule has 0 amide bonds. The van der Waals surface area contributed by atoms with Gasteiger partial charge in [0, 0.05) is 26.2 Å². The molecule has 0 atom stereocenters. The molecule has 4 heteroatoms. The van der Waals surface area contributed by atoms with Crippen LogP contribution in [0.5, 0.6) is 5.75 Å². The summed E-state index contributed by atoms with van der Waals surface area (Å²) in [6.45, 7) is 8.78. The van der Waals surface area contributed by atoms with Gasteiger partial charge in [-0.25, -0.2) is 0 Å². The van der Waals surface area contributed by atoms with Gasteiger partial charge >= 0.3 is 0 Å². The maximum atomic E-state index is 6.30. The third-order valence-corrected chi connectivity index (χ3v) is 6.67. The SMILES string of the molecule is C=C(CCCC)/C(=C\C(=N/C)OC1CCN(C)CC1)c1ccc(OC2CCCCC2)cc1. The Labute approximate surface area is 195 Å². The largest absolute Gasteiger partial charge is 0.490 e. The molecule has 1 heterocycles. The fourth-order valence-corrected chi connectivity index (χ4v) is 4.55. The number of unbranched alkanes of at least 4 members (excludes halogenated alkanes) is 1. The quantitative estimate of drug-likeness (QED) is 0.245. The van der Waals surface area contributed by atoms with E-state index < -0.39 is 0 Å². The van der Waals surface area contributed by atoms with Crippen molar-refractivity contribution in [2.75, 3.05) is 27.2 Å². The number of likely N-dealkylation sites (tertiary alicyclic amines) is 1. The third-order valence-electron chi connectivity index (χ3n) is 6.67. The van der Waals surface area contributed by atoms with Crippen LogP contribution in [-0.2, 0) is 4.74 Å². The molecule has 0 radical (unpaired) electrons. The van der Waals surface area contributed by atoms with E-state index in [2.05, 4.69) is 60.8 Å². The van der Waals surface area contributed by atoms with Gasteiger partial charge in [-0.3, -0.25) is 4.99 Å². The molecule has 1 saturated heterocycles. The summed E-state index contributed by atoms with van der Waals surface area (Å²) in [6, 6.07) is 8.52. The Kier molecular flexibility index (Phi) is 9.86. The van der Waals surface area contributed by atoms with Crippen LogP contribution in [0, 0.1) is 0 Å². The second-order valence-electron chi connectivity index (χ2n) is 9.35. The molecule has 0 bridgehead atoms. The molecule has 1 aliphatic heterocycles. The molecule has 1 aromatic rings. The second kappa shape index (κ2) is 12.8. The van der Waals surface area contributed by atoms with Gasteiger partial charge in [0.2, 0.25) is 5.90 Å². The van der Waals surface area contributed by atoms with Crippen LogP contribution in [0.2, 0.25) is 0 Å². The first-order chi connectivity index (χ1) is 15.6. The molecule has 2 aliphatic rings. The molecule has 1 saturated carbocycles. The van der Waals surface area contributed by atoms with Crippen molar-refractivity contribution in [2.45, 2.75) is 83.3 Å². The molecule has 0 aromatic heterocycles. The van der Waals surface area contributed by atoms with Crippen molar-refractivity contribution in [3.8, 4) is 5.75 Å². The Morgan fingerprint density at radius 2 is 1.75 bits per heavy atom. The minimum Gasteiger partial charge on any atom is -0.490 e. The Morgan fingerprint density at radius 3 is 2.38 bits per heavy atom. The number of piperidine rings is 1. The molecule has 0 N–H and O–H groups in total. The van der Waals surface area contributed by atoms with Crippen LogP contribution >= 0.6 is 0 Å². The molecule has 3 rings (SSSR count). The molecule has 1 aromatic carbocycles. The number of rotatable bonds is 9. The van der Waals surface area contributed by atoms with Gasteiger partial charge in [-0.15, -0.1) is 0 Å². The zero-order valence-corrected chi connectivity index (χ0v) is 20.4. The maximum Gasteiger partial charge on any atom is 0.209 e. The number of aliphatic imine (C=N–C) groups is 1. The van der Waals surface area contributed by atoms with Gasteiger partial charge in [-0.1, -0.05) is 38.5 Å². The standard InChI is InChI=1S/C28H42N2O2/c1-5-6-10-22(2)27(21-28(29-3)32-26-17-19-30(4)20-18-26)23-13-15-25(16-14-23)31-24-11-8-7-9-12-24/h13-16,21,24,26H,2,5-12,17-20H2,1,3-4H3/b27-21+,29-28+. The topological polar surface area (TPSA) is 34.1 Å². The minimum atomic E-state index is 0.234. The summed E-state index contributed by atoms with van der Waals surface area (Å²) < 4.78 is 12.5. The van der Waals surface area contributed by atoms with Gasteiger partial charge in [0.25, 0.3) is 0 Å². The van der Waals surface area contributed by atoms with Crippen LogP contribution in [0.25, 0.3) is 5.57 Å². The van der Waals surface area contributed by atoms with Crippen LogP contribution in [0.1, 0.15) is 76.7 Å². The Balaban J connectivity index is 1.74. The van der Waals surface area contributed by atoms with Crippen LogP contribution in [0.15, 0.2) is 47.5 Å². The molecule has 0 spiro atoms. The first-order valence-corrected chi connectivity index (χ1v) is 12.6. The van der Waals surface area contributed by atoms with Gasteiger partial charge in [0.15, 0.2) is 0 Å². The van der Waals surface area contributed by atoms with E-state index in [4.69, 9.17) is 9.47 Å². The van der Waals surface area contributed by atoms with E-state index in [1.165, 1.54) is 32.1 Å². The zero-order chi connectivity index (χ0) is 22.8. The molecule has 4 nitrogen and oxygen atoms in total. The average molecular weight is 439 g/mol. The number of hydrogen-bond acceptors (Lipinski definition) is 4.